The van der Waals surface area contributed by atoms with Crippen LogP contribution in [-0.2, 0) is 7.05 Å². The maximum Gasteiger partial charge on any atom is 0.162 e. The van der Waals surface area contributed by atoms with Gasteiger partial charge in [-0.1, -0.05) is 23.7 Å². The van der Waals surface area contributed by atoms with Crippen molar-refractivity contribution in [3.63, 3.8) is 0 Å². The van der Waals surface area contributed by atoms with E-state index in [0.717, 1.165) is 27.6 Å². The first-order valence-electron chi connectivity index (χ1n) is 7.82. The van der Waals surface area contributed by atoms with E-state index >= 15 is 0 Å². The molecule has 0 aliphatic heterocycles. The van der Waals surface area contributed by atoms with Gasteiger partial charge in [-0.05, 0) is 31.2 Å². The number of benzene rings is 2. The molecule has 0 saturated carbocycles. The van der Waals surface area contributed by atoms with Crippen molar-refractivity contribution in [2.45, 2.75) is 6.92 Å². The standard InChI is InChI=1S/C19H16ClN3O2/c1-11-17-18(25-16-9-8-12(24-3)10-14(16)20)13-6-4-5-7-15(13)21-19(17)23(2)22-11/h4-10H,1-3H3. The highest BCUT2D eigenvalue weighted by Crippen LogP contribution is 2.40. The van der Waals surface area contributed by atoms with Crippen LogP contribution >= 0.6 is 11.6 Å². The van der Waals surface area contributed by atoms with Crippen LogP contribution in [-0.4, -0.2) is 21.9 Å². The van der Waals surface area contributed by atoms with Crippen LogP contribution in [0.15, 0.2) is 42.5 Å². The minimum Gasteiger partial charge on any atom is -0.497 e. The number of para-hydroxylation sites is 1. The zero-order valence-electron chi connectivity index (χ0n) is 14.1. The van der Waals surface area contributed by atoms with Crippen LogP contribution in [0.1, 0.15) is 5.69 Å². The van der Waals surface area contributed by atoms with Crippen molar-refractivity contribution in [1.29, 1.82) is 0 Å². The largest absolute Gasteiger partial charge is 0.497 e. The molecule has 0 N–H and O–H groups in total. The Morgan fingerprint density at radius 2 is 1.92 bits per heavy atom. The summed E-state index contributed by atoms with van der Waals surface area (Å²) in [5.41, 5.74) is 2.48. The number of aromatic nitrogens is 3. The summed E-state index contributed by atoms with van der Waals surface area (Å²) in [5.74, 6) is 1.95. The van der Waals surface area contributed by atoms with Crippen LogP contribution in [0.4, 0.5) is 0 Å². The molecule has 126 valence electrons. The lowest BCUT2D eigenvalue weighted by molar-refractivity contribution is 0.413. The highest BCUT2D eigenvalue weighted by molar-refractivity contribution is 6.32. The molecule has 0 radical (unpaired) electrons. The van der Waals surface area contributed by atoms with E-state index in [0.29, 0.717) is 22.3 Å². The third-order valence-corrected chi connectivity index (χ3v) is 4.44. The van der Waals surface area contributed by atoms with Gasteiger partial charge in [-0.2, -0.15) is 5.10 Å². The Bertz CT molecular complexity index is 1100. The molecule has 0 aliphatic carbocycles. The topological polar surface area (TPSA) is 49.2 Å². The number of pyridine rings is 1. The summed E-state index contributed by atoms with van der Waals surface area (Å²) in [6, 6.07) is 13.2. The Balaban J connectivity index is 1.98. The van der Waals surface area contributed by atoms with Crippen LogP contribution < -0.4 is 9.47 Å². The van der Waals surface area contributed by atoms with Gasteiger partial charge in [0.25, 0.3) is 0 Å². The predicted molar refractivity (Wildman–Crippen MR) is 98.8 cm³/mol. The van der Waals surface area contributed by atoms with Gasteiger partial charge in [-0.3, -0.25) is 4.68 Å². The maximum atomic E-state index is 6.36. The van der Waals surface area contributed by atoms with Crippen molar-refractivity contribution >= 4 is 33.5 Å². The van der Waals surface area contributed by atoms with Gasteiger partial charge in [0.15, 0.2) is 5.65 Å². The van der Waals surface area contributed by atoms with E-state index in [-0.39, 0.29) is 0 Å². The summed E-state index contributed by atoms with van der Waals surface area (Å²) >= 11 is 6.36. The highest BCUT2D eigenvalue weighted by atomic mass is 35.5. The van der Waals surface area contributed by atoms with E-state index in [1.165, 1.54) is 0 Å². The average molecular weight is 354 g/mol. The summed E-state index contributed by atoms with van der Waals surface area (Å²) in [6.07, 6.45) is 0. The second kappa shape index (κ2) is 5.93. The monoisotopic (exact) mass is 353 g/mol. The molecule has 0 amide bonds. The molecule has 5 nitrogen and oxygen atoms in total. The number of aryl methyl sites for hydroxylation is 2. The van der Waals surface area contributed by atoms with E-state index in [9.17, 15) is 0 Å². The van der Waals surface area contributed by atoms with Gasteiger partial charge in [-0.15, -0.1) is 0 Å². The van der Waals surface area contributed by atoms with Crippen molar-refractivity contribution < 1.29 is 9.47 Å². The molecular formula is C19H16ClN3O2. The molecule has 4 rings (SSSR count). The lowest BCUT2D eigenvalue weighted by atomic mass is 10.1. The molecule has 0 aliphatic rings. The molecule has 0 unspecified atom stereocenters. The Morgan fingerprint density at radius 1 is 1.12 bits per heavy atom. The predicted octanol–water partition coefficient (Wildman–Crippen LogP) is 4.88. The molecule has 0 fully saturated rings. The summed E-state index contributed by atoms with van der Waals surface area (Å²) in [7, 11) is 3.48. The molecule has 6 heteroatoms. The smallest absolute Gasteiger partial charge is 0.162 e. The number of fused-ring (bicyclic) bond motifs is 2. The van der Waals surface area contributed by atoms with Gasteiger partial charge in [0.2, 0.25) is 0 Å². The molecule has 0 atom stereocenters. The van der Waals surface area contributed by atoms with Crippen LogP contribution in [0.25, 0.3) is 21.9 Å². The number of halogens is 1. The first-order chi connectivity index (χ1) is 12.1. The van der Waals surface area contributed by atoms with Crippen molar-refractivity contribution in [3.8, 4) is 17.2 Å². The molecule has 0 saturated heterocycles. The van der Waals surface area contributed by atoms with Crippen molar-refractivity contribution in [3.05, 3.63) is 53.2 Å². The number of methoxy groups -OCH3 is 1. The minimum atomic E-state index is 0.481. The number of nitrogens with zero attached hydrogens (tertiary/aromatic N) is 3. The zero-order chi connectivity index (χ0) is 17.6. The summed E-state index contributed by atoms with van der Waals surface area (Å²) in [5, 5.41) is 6.77. The molecule has 2 heterocycles. The molecule has 4 aromatic rings. The van der Waals surface area contributed by atoms with E-state index < -0.39 is 0 Å². The maximum absolute atomic E-state index is 6.36. The Morgan fingerprint density at radius 3 is 2.68 bits per heavy atom. The van der Waals surface area contributed by atoms with Crippen LogP contribution in [0, 0.1) is 6.92 Å². The average Bonchev–Trinajstić information content (AvgIpc) is 2.90. The molecule has 2 aromatic carbocycles. The van der Waals surface area contributed by atoms with Gasteiger partial charge < -0.3 is 9.47 Å². The number of rotatable bonds is 3. The molecule has 0 bridgehead atoms. The quantitative estimate of drug-likeness (QED) is 0.526. The Kier molecular flexibility index (Phi) is 3.73. The van der Waals surface area contributed by atoms with Gasteiger partial charge in [0.1, 0.15) is 17.2 Å². The zero-order valence-corrected chi connectivity index (χ0v) is 14.8. The number of hydrogen-bond acceptors (Lipinski definition) is 4. The third-order valence-electron chi connectivity index (χ3n) is 4.15. The van der Waals surface area contributed by atoms with Gasteiger partial charge in [0.05, 0.1) is 28.7 Å². The molecular weight excluding hydrogens is 338 g/mol. The number of ether oxygens (including phenoxy) is 2. The first kappa shape index (κ1) is 15.7. The van der Waals surface area contributed by atoms with Crippen LogP contribution in [0.3, 0.4) is 0 Å². The van der Waals surface area contributed by atoms with E-state index in [4.69, 9.17) is 26.1 Å². The first-order valence-corrected chi connectivity index (χ1v) is 8.19. The fraction of sp³-hybridized carbons (Fsp3) is 0.158. The van der Waals surface area contributed by atoms with Crippen LogP contribution in [0.2, 0.25) is 5.02 Å². The SMILES string of the molecule is COc1ccc(Oc2c3ccccc3nc3c2c(C)nn3C)c(Cl)c1. The summed E-state index contributed by atoms with van der Waals surface area (Å²) in [6.45, 7) is 1.95. The fourth-order valence-corrected chi connectivity index (χ4v) is 3.17. The summed E-state index contributed by atoms with van der Waals surface area (Å²) in [4.78, 5) is 4.72. The van der Waals surface area contributed by atoms with Crippen molar-refractivity contribution in [1.82, 2.24) is 14.8 Å². The second-order valence-electron chi connectivity index (χ2n) is 5.76. The number of hydrogen-bond donors (Lipinski definition) is 0. The van der Waals surface area contributed by atoms with Gasteiger partial charge in [0, 0.05) is 18.5 Å². The minimum absolute atomic E-state index is 0.481. The van der Waals surface area contributed by atoms with Gasteiger partial charge in [-0.25, -0.2) is 4.98 Å². The lowest BCUT2D eigenvalue weighted by Crippen LogP contribution is -1.94. The molecule has 25 heavy (non-hydrogen) atoms. The van der Waals surface area contributed by atoms with Crippen LogP contribution in [0.5, 0.6) is 17.2 Å². The normalized spacial score (nSPS) is 11.2. The van der Waals surface area contributed by atoms with E-state index in [1.54, 1.807) is 23.9 Å². The van der Waals surface area contributed by atoms with E-state index in [2.05, 4.69) is 5.10 Å². The lowest BCUT2D eigenvalue weighted by Gasteiger charge is -2.12. The molecule has 2 aromatic heterocycles. The third kappa shape index (κ3) is 2.57. The van der Waals surface area contributed by atoms with E-state index in [1.807, 2.05) is 44.3 Å². The summed E-state index contributed by atoms with van der Waals surface area (Å²) < 4.78 is 13.2. The Labute approximate surface area is 149 Å². The second-order valence-corrected chi connectivity index (χ2v) is 6.17. The molecule has 0 spiro atoms. The highest BCUT2D eigenvalue weighted by Gasteiger charge is 2.18. The fourth-order valence-electron chi connectivity index (χ4n) is 2.96. The van der Waals surface area contributed by atoms with Gasteiger partial charge >= 0.3 is 0 Å². The Hall–Kier alpha value is -2.79. The van der Waals surface area contributed by atoms with Crippen molar-refractivity contribution in [2.24, 2.45) is 7.05 Å². The van der Waals surface area contributed by atoms with Crippen molar-refractivity contribution in [2.75, 3.05) is 7.11 Å².